The lowest BCUT2D eigenvalue weighted by Gasteiger charge is -2.06. The van der Waals surface area contributed by atoms with Gasteiger partial charge in [-0.15, -0.1) is 0 Å². The summed E-state index contributed by atoms with van der Waals surface area (Å²) in [5, 5.41) is 0.318. The SMILES string of the molecule is O=C(C1CCCS1)C1CC1c1ccccc1. The molecule has 1 saturated heterocycles. The lowest BCUT2D eigenvalue weighted by atomic mass is 10.0. The molecule has 2 aliphatic rings. The van der Waals surface area contributed by atoms with Crippen LogP contribution in [-0.2, 0) is 4.79 Å². The molecule has 0 amide bonds. The summed E-state index contributed by atoms with van der Waals surface area (Å²) < 4.78 is 0. The van der Waals surface area contributed by atoms with E-state index in [1.54, 1.807) is 0 Å². The number of carbonyl (C=O) groups excluding carboxylic acids is 1. The maximum Gasteiger partial charge on any atom is 0.149 e. The summed E-state index contributed by atoms with van der Waals surface area (Å²) in [5.74, 6) is 2.56. The smallest absolute Gasteiger partial charge is 0.149 e. The second kappa shape index (κ2) is 4.25. The number of ketones is 1. The van der Waals surface area contributed by atoms with E-state index in [9.17, 15) is 4.79 Å². The van der Waals surface area contributed by atoms with Crippen molar-refractivity contribution in [3.63, 3.8) is 0 Å². The minimum atomic E-state index is 0.318. The standard InChI is InChI=1S/C14H16OS/c15-14(13-7-4-8-16-13)12-9-11(12)10-5-2-1-3-6-10/h1-3,5-6,11-13H,4,7-9H2. The van der Waals surface area contributed by atoms with Gasteiger partial charge < -0.3 is 0 Å². The van der Waals surface area contributed by atoms with Crippen molar-refractivity contribution in [1.82, 2.24) is 0 Å². The molecule has 0 N–H and O–H groups in total. The molecule has 0 radical (unpaired) electrons. The second-order valence-electron chi connectivity index (χ2n) is 4.76. The third-order valence-electron chi connectivity index (χ3n) is 3.63. The van der Waals surface area contributed by atoms with Crippen LogP contribution >= 0.6 is 11.8 Å². The van der Waals surface area contributed by atoms with Gasteiger partial charge in [-0.2, -0.15) is 11.8 Å². The van der Waals surface area contributed by atoms with Crippen molar-refractivity contribution in [2.45, 2.75) is 30.4 Å². The summed E-state index contributed by atoms with van der Waals surface area (Å²) >= 11 is 1.87. The molecule has 1 aromatic rings. The fraction of sp³-hybridized carbons (Fsp3) is 0.500. The van der Waals surface area contributed by atoms with E-state index in [2.05, 4.69) is 24.3 Å². The van der Waals surface area contributed by atoms with Crippen molar-refractivity contribution in [2.24, 2.45) is 5.92 Å². The number of carbonyl (C=O) groups is 1. The Morgan fingerprint density at radius 2 is 2.06 bits per heavy atom. The minimum absolute atomic E-state index is 0.318. The summed E-state index contributed by atoms with van der Waals surface area (Å²) in [7, 11) is 0. The summed E-state index contributed by atoms with van der Waals surface area (Å²) in [6.07, 6.45) is 3.42. The molecule has 84 valence electrons. The number of hydrogen-bond acceptors (Lipinski definition) is 2. The maximum atomic E-state index is 12.2. The van der Waals surface area contributed by atoms with Crippen LogP contribution in [0.5, 0.6) is 0 Å². The van der Waals surface area contributed by atoms with Crippen LogP contribution in [0, 0.1) is 5.92 Å². The van der Waals surface area contributed by atoms with Crippen LogP contribution in [0.2, 0.25) is 0 Å². The first-order chi connectivity index (χ1) is 7.86. The third kappa shape index (κ3) is 1.91. The van der Waals surface area contributed by atoms with Gasteiger partial charge >= 0.3 is 0 Å². The largest absolute Gasteiger partial charge is 0.298 e. The van der Waals surface area contributed by atoms with Crippen LogP contribution in [0.1, 0.15) is 30.7 Å². The van der Waals surface area contributed by atoms with Crippen molar-refractivity contribution in [1.29, 1.82) is 0 Å². The Morgan fingerprint density at radius 3 is 2.75 bits per heavy atom. The van der Waals surface area contributed by atoms with Gasteiger partial charge in [-0.25, -0.2) is 0 Å². The molecule has 2 heteroatoms. The van der Waals surface area contributed by atoms with Crippen LogP contribution in [-0.4, -0.2) is 16.8 Å². The summed E-state index contributed by atoms with van der Waals surface area (Å²) in [6.45, 7) is 0. The second-order valence-corrected chi connectivity index (χ2v) is 6.07. The Hall–Kier alpha value is -0.760. The topological polar surface area (TPSA) is 17.1 Å². The molecule has 1 aliphatic heterocycles. The number of hydrogen-bond donors (Lipinski definition) is 0. The van der Waals surface area contributed by atoms with E-state index in [0.29, 0.717) is 22.9 Å². The van der Waals surface area contributed by atoms with Gasteiger partial charge in [0.05, 0.1) is 5.25 Å². The highest BCUT2D eigenvalue weighted by Crippen LogP contribution is 2.50. The molecule has 1 saturated carbocycles. The summed E-state index contributed by atoms with van der Waals surface area (Å²) in [5.41, 5.74) is 1.35. The zero-order valence-corrected chi connectivity index (χ0v) is 10.1. The van der Waals surface area contributed by atoms with Crippen molar-refractivity contribution < 1.29 is 4.79 Å². The van der Waals surface area contributed by atoms with Crippen molar-refractivity contribution >= 4 is 17.5 Å². The van der Waals surface area contributed by atoms with Gasteiger partial charge in [-0.1, -0.05) is 30.3 Å². The van der Waals surface area contributed by atoms with Crippen LogP contribution in [0.25, 0.3) is 0 Å². The monoisotopic (exact) mass is 232 g/mol. The summed E-state index contributed by atoms with van der Waals surface area (Å²) in [4.78, 5) is 12.2. The molecule has 3 atom stereocenters. The molecule has 0 aromatic heterocycles. The van der Waals surface area contributed by atoms with Crippen LogP contribution in [0.3, 0.4) is 0 Å². The van der Waals surface area contributed by atoms with Gasteiger partial charge in [0.1, 0.15) is 5.78 Å². The Bertz CT molecular complexity index is 381. The van der Waals surface area contributed by atoms with Gasteiger partial charge in [0.25, 0.3) is 0 Å². The summed E-state index contributed by atoms with van der Waals surface area (Å²) in [6, 6.07) is 10.5. The average molecular weight is 232 g/mol. The van der Waals surface area contributed by atoms with Gasteiger partial charge in [0.15, 0.2) is 0 Å². The molecule has 0 bridgehead atoms. The van der Waals surface area contributed by atoms with Crippen molar-refractivity contribution in [3.05, 3.63) is 35.9 Å². The Labute approximate surface area is 101 Å². The highest BCUT2D eigenvalue weighted by atomic mass is 32.2. The zero-order chi connectivity index (χ0) is 11.0. The van der Waals surface area contributed by atoms with Crippen LogP contribution < -0.4 is 0 Å². The lowest BCUT2D eigenvalue weighted by molar-refractivity contribution is -0.119. The highest BCUT2D eigenvalue weighted by Gasteiger charge is 2.46. The average Bonchev–Trinajstić information content (AvgIpc) is 2.95. The Morgan fingerprint density at radius 1 is 1.25 bits per heavy atom. The first-order valence-corrected chi connectivity index (χ1v) is 7.11. The first kappa shape index (κ1) is 10.4. The number of thioether (sulfide) groups is 1. The predicted molar refractivity (Wildman–Crippen MR) is 67.8 cm³/mol. The number of Topliss-reactive ketones (excluding diaryl/α,β-unsaturated/α-hetero) is 1. The number of benzene rings is 1. The molecule has 1 aromatic carbocycles. The van der Waals surface area contributed by atoms with E-state index in [4.69, 9.17) is 0 Å². The molecule has 16 heavy (non-hydrogen) atoms. The molecular formula is C14H16OS. The van der Waals surface area contributed by atoms with Crippen molar-refractivity contribution in [2.75, 3.05) is 5.75 Å². The van der Waals surface area contributed by atoms with E-state index in [-0.39, 0.29) is 0 Å². The number of rotatable bonds is 3. The molecule has 1 nitrogen and oxygen atoms in total. The molecule has 3 unspecified atom stereocenters. The van der Waals surface area contributed by atoms with Gasteiger partial charge in [0.2, 0.25) is 0 Å². The van der Waals surface area contributed by atoms with Crippen LogP contribution in [0.15, 0.2) is 30.3 Å². The maximum absolute atomic E-state index is 12.2. The lowest BCUT2D eigenvalue weighted by Crippen LogP contribution is -2.16. The molecule has 2 fully saturated rings. The quantitative estimate of drug-likeness (QED) is 0.795. The predicted octanol–water partition coefficient (Wildman–Crippen LogP) is 3.25. The van der Waals surface area contributed by atoms with Gasteiger partial charge in [-0.3, -0.25) is 4.79 Å². The van der Waals surface area contributed by atoms with Gasteiger partial charge in [-0.05, 0) is 36.5 Å². The zero-order valence-electron chi connectivity index (χ0n) is 9.26. The molecular weight excluding hydrogens is 216 g/mol. The van der Waals surface area contributed by atoms with E-state index in [1.807, 2.05) is 17.8 Å². The highest BCUT2D eigenvalue weighted by molar-refractivity contribution is 8.00. The van der Waals surface area contributed by atoms with E-state index in [0.717, 1.165) is 12.8 Å². The van der Waals surface area contributed by atoms with E-state index in [1.165, 1.54) is 17.7 Å². The van der Waals surface area contributed by atoms with Crippen molar-refractivity contribution in [3.8, 4) is 0 Å². The Balaban J connectivity index is 1.65. The fourth-order valence-corrected chi connectivity index (χ4v) is 3.91. The van der Waals surface area contributed by atoms with E-state index < -0.39 is 0 Å². The third-order valence-corrected chi connectivity index (χ3v) is 5.03. The van der Waals surface area contributed by atoms with Crippen LogP contribution in [0.4, 0.5) is 0 Å². The van der Waals surface area contributed by atoms with Gasteiger partial charge in [0, 0.05) is 5.92 Å². The first-order valence-electron chi connectivity index (χ1n) is 6.06. The fourth-order valence-electron chi connectivity index (χ4n) is 2.62. The van der Waals surface area contributed by atoms with E-state index >= 15 is 0 Å². The molecule has 3 rings (SSSR count). The normalized spacial score (nSPS) is 32.6. The molecule has 0 spiro atoms. The molecule has 1 aliphatic carbocycles. The Kier molecular flexibility index (Phi) is 2.76. The minimum Gasteiger partial charge on any atom is -0.298 e. The molecule has 1 heterocycles.